The summed E-state index contributed by atoms with van der Waals surface area (Å²) < 4.78 is 5.23. The molecule has 0 bridgehead atoms. The van der Waals surface area contributed by atoms with E-state index >= 15 is 0 Å². The van der Waals surface area contributed by atoms with E-state index in [0.29, 0.717) is 22.3 Å². The highest BCUT2D eigenvalue weighted by Gasteiger charge is 2.16. The van der Waals surface area contributed by atoms with Crippen molar-refractivity contribution in [3.63, 3.8) is 0 Å². The number of carboxylic acids is 1. The van der Waals surface area contributed by atoms with Gasteiger partial charge in [-0.15, -0.1) is 0 Å². The summed E-state index contributed by atoms with van der Waals surface area (Å²) in [6.07, 6.45) is -0.927. The maximum absolute atomic E-state index is 11.5. The minimum absolute atomic E-state index is 0.0585. The number of phenols is 1. The Morgan fingerprint density at radius 3 is 2.72 bits per heavy atom. The molecular weight excluding hydrogens is 400 g/mol. The first-order valence-corrected chi connectivity index (χ1v) is 9.03. The minimum atomic E-state index is -1.15. The number of carbonyl (C=O) groups is 1. The van der Waals surface area contributed by atoms with Gasteiger partial charge in [0.05, 0.1) is 29.3 Å². The summed E-state index contributed by atoms with van der Waals surface area (Å²) in [5.41, 5.74) is 1.01. The van der Waals surface area contributed by atoms with Gasteiger partial charge in [0.25, 0.3) is 0 Å². The number of ether oxygens (including phenoxy) is 1. The van der Waals surface area contributed by atoms with Gasteiger partial charge in [0.2, 0.25) is 5.56 Å². The van der Waals surface area contributed by atoms with Crippen LogP contribution in [0.2, 0.25) is 5.02 Å². The van der Waals surface area contributed by atoms with Crippen molar-refractivity contribution in [3.8, 4) is 11.5 Å². The van der Waals surface area contributed by atoms with Gasteiger partial charge in [0.15, 0.2) is 0 Å². The number of aromatic nitrogens is 1. The molecule has 0 spiro atoms. The number of methoxy groups -OCH3 is 1. The number of rotatable bonds is 7. The monoisotopic (exact) mass is 418 g/mol. The first-order chi connectivity index (χ1) is 13.8. The third-order valence-electron chi connectivity index (χ3n) is 4.52. The maximum atomic E-state index is 11.5. The first kappa shape index (κ1) is 20.7. The second-order valence-electron chi connectivity index (χ2n) is 6.38. The van der Waals surface area contributed by atoms with E-state index in [9.17, 15) is 19.8 Å². The van der Waals surface area contributed by atoms with Crippen LogP contribution in [0.4, 0.5) is 0 Å². The SMILES string of the molecule is COc1cc(C(=O)O)c(Cl)cc1CNCC(O)c1ccc(O)c2[nH]c(=O)ccc12. The molecule has 0 saturated carbocycles. The van der Waals surface area contributed by atoms with E-state index in [1.165, 1.54) is 31.4 Å². The molecule has 152 valence electrons. The Bertz CT molecular complexity index is 1130. The number of halogens is 1. The van der Waals surface area contributed by atoms with Crippen molar-refractivity contribution >= 4 is 28.5 Å². The molecule has 0 fully saturated rings. The molecule has 0 saturated heterocycles. The number of H-pyrrole nitrogens is 1. The van der Waals surface area contributed by atoms with Gasteiger partial charge in [0, 0.05) is 30.1 Å². The van der Waals surface area contributed by atoms with Gasteiger partial charge in [-0.1, -0.05) is 17.7 Å². The molecule has 1 heterocycles. The molecule has 1 atom stereocenters. The van der Waals surface area contributed by atoms with Crippen LogP contribution in [0.3, 0.4) is 0 Å². The summed E-state index contributed by atoms with van der Waals surface area (Å²) in [5.74, 6) is -0.874. The Morgan fingerprint density at radius 1 is 1.28 bits per heavy atom. The number of aliphatic hydroxyl groups is 1. The van der Waals surface area contributed by atoms with Crippen molar-refractivity contribution in [2.45, 2.75) is 12.6 Å². The van der Waals surface area contributed by atoms with Crippen molar-refractivity contribution in [3.05, 3.63) is 68.5 Å². The number of hydrogen-bond acceptors (Lipinski definition) is 6. The van der Waals surface area contributed by atoms with Crippen LogP contribution in [-0.4, -0.2) is 39.9 Å². The summed E-state index contributed by atoms with van der Waals surface area (Å²) in [7, 11) is 1.43. The fourth-order valence-electron chi connectivity index (χ4n) is 3.09. The lowest BCUT2D eigenvalue weighted by Gasteiger charge is -2.16. The average Bonchev–Trinajstić information content (AvgIpc) is 2.68. The molecular formula is C20H19ClN2O6. The Labute approximate surface area is 170 Å². The number of pyridine rings is 1. The molecule has 8 nitrogen and oxygen atoms in total. The largest absolute Gasteiger partial charge is 0.506 e. The normalized spacial score (nSPS) is 12.1. The number of phenolic OH excluding ortho intramolecular Hbond substituents is 1. The van der Waals surface area contributed by atoms with E-state index in [1.54, 1.807) is 12.1 Å². The average molecular weight is 419 g/mol. The van der Waals surface area contributed by atoms with E-state index in [0.717, 1.165) is 0 Å². The fraction of sp³-hybridized carbons (Fsp3) is 0.200. The van der Waals surface area contributed by atoms with Crippen LogP contribution < -0.4 is 15.6 Å². The molecule has 0 radical (unpaired) electrons. The summed E-state index contributed by atoms with van der Waals surface area (Å²) in [6.45, 7) is 0.424. The summed E-state index contributed by atoms with van der Waals surface area (Å²) in [6, 6.07) is 8.71. The predicted octanol–water partition coefficient (Wildman–Crippen LogP) is 2.42. The lowest BCUT2D eigenvalue weighted by Crippen LogP contribution is -2.22. The molecule has 5 N–H and O–H groups in total. The Balaban J connectivity index is 1.77. The number of benzene rings is 2. The van der Waals surface area contributed by atoms with Gasteiger partial charge >= 0.3 is 5.97 Å². The highest BCUT2D eigenvalue weighted by atomic mass is 35.5. The Kier molecular flexibility index (Phi) is 6.07. The molecule has 3 rings (SSSR count). The van der Waals surface area contributed by atoms with Gasteiger partial charge < -0.3 is 30.4 Å². The van der Waals surface area contributed by atoms with Crippen molar-refractivity contribution in [1.82, 2.24) is 10.3 Å². The van der Waals surface area contributed by atoms with E-state index in [4.69, 9.17) is 21.4 Å². The van der Waals surface area contributed by atoms with Crippen molar-refractivity contribution in [1.29, 1.82) is 0 Å². The zero-order chi connectivity index (χ0) is 21.1. The van der Waals surface area contributed by atoms with Crippen LogP contribution in [-0.2, 0) is 6.54 Å². The predicted molar refractivity (Wildman–Crippen MR) is 108 cm³/mol. The third kappa shape index (κ3) is 4.34. The van der Waals surface area contributed by atoms with Gasteiger partial charge in [-0.3, -0.25) is 4.79 Å². The number of aliphatic hydroxyl groups excluding tert-OH is 1. The molecule has 9 heteroatoms. The second kappa shape index (κ2) is 8.52. The third-order valence-corrected chi connectivity index (χ3v) is 4.83. The molecule has 29 heavy (non-hydrogen) atoms. The maximum Gasteiger partial charge on any atom is 0.337 e. The van der Waals surface area contributed by atoms with Crippen LogP contribution in [0.25, 0.3) is 10.9 Å². The standard InChI is InChI=1S/C20H19ClN2O6/c1-29-17-7-13(20(27)28)14(21)6-10(17)8-22-9-16(25)11-2-4-15(24)19-12(11)3-5-18(26)23-19/h2-7,16,22,24-25H,8-9H2,1H3,(H,23,26)(H,27,28). The van der Waals surface area contributed by atoms with Gasteiger partial charge in [-0.2, -0.15) is 0 Å². The zero-order valence-corrected chi connectivity index (χ0v) is 16.2. The number of carboxylic acid groups (broad SMARTS) is 1. The van der Waals surface area contributed by atoms with Crippen LogP contribution in [0.1, 0.15) is 27.6 Å². The topological polar surface area (TPSA) is 132 Å². The Hall–Kier alpha value is -3.07. The van der Waals surface area contributed by atoms with Gasteiger partial charge in [-0.05, 0) is 29.8 Å². The number of aromatic hydroxyl groups is 1. The quantitative estimate of drug-likeness (QED) is 0.398. The molecule has 1 unspecified atom stereocenters. The van der Waals surface area contributed by atoms with E-state index in [2.05, 4.69) is 10.3 Å². The highest BCUT2D eigenvalue weighted by Crippen LogP contribution is 2.29. The molecule has 3 aromatic rings. The number of nitrogens with one attached hydrogen (secondary N) is 2. The lowest BCUT2D eigenvalue weighted by molar-refractivity contribution is 0.0696. The van der Waals surface area contributed by atoms with Crippen LogP contribution in [0.5, 0.6) is 11.5 Å². The van der Waals surface area contributed by atoms with E-state index in [1.807, 2.05) is 0 Å². The van der Waals surface area contributed by atoms with Gasteiger partial charge in [-0.25, -0.2) is 4.79 Å². The second-order valence-corrected chi connectivity index (χ2v) is 6.79. The smallest absolute Gasteiger partial charge is 0.337 e. The van der Waals surface area contributed by atoms with Gasteiger partial charge in [0.1, 0.15) is 11.5 Å². The van der Waals surface area contributed by atoms with Crippen molar-refractivity contribution in [2.75, 3.05) is 13.7 Å². The summed E-state index contributed by atoms with van der Waals surface area (Å²) >= 11 is 6.02. The zero-order valence-electron chi connectivity index (χ0n) is 15.4. The highest BCUT2D eigenvalue weighted by molar-refractivity contribution is 6.33. The number of aromatic carboxylic acids is 1. The molecule has 1 aromatic heterocycles. The number of fused-ring (bicyclic) bond motifs is 1. The minimum Gasteiger partial charge on any atom is -0.506 e. The fourth-order valence-corrected chi connectivity index (χ4v) is 3.36. The van der Waals surface area contributed by atoms with Crippen LogP contribution in [0, 0.1) is 0 Å². The summed E-state index contributed by atoms with van der Waals surface area (Å²) in [4.78, 5) is 25.2. The van der Waals surface area contributed by atoms with E-state index < -0.39 is 12.1 Å². The number of aromatic amines is 1. The molecule has 2 aromatic carbocycles. The first-order valence-electron chi connectivity index (χ1n) is 8.65. The lowest BCUT2D eigenvalue weighted by atomic mass is 10.0. The summed E-state index contributed by atoms with van der Waals surface area (Å²) in [5, 5.41) is 33.4. The van der Waals surface area contributed by atoms with Crippen LogP contribution >= 0.6 is 11.6 Å². The molecule has 0 amide bonds. The molecule has 0 aliphatic heterocycles. The Morgan fingerprint density at radius 2 is 2.03 bits per heavy atom. The van der Waals surface area contributed by atoms with Crippen LogP contribution in [0.15, 0.2) is 41.2 Å². The van der Waals surface area contributed by atoms with Crippen molar-refractivity contribution < 1.29 is 24.9 Å². The molecule has 0 aliphatic rings. The molecule has 0 aliphatic carbocycles. The van der Waals surface area contributed by atoms with Crippen molar-refractivity contribution in [2.24, 2.45) is 0 Å². The number of hydrogen-bond donors (Lipinski definition) is 5. The van der Waals surface area contributed by atoms with E-state index in [-0.39, 0.29) is 40.5 Å².